The number of nitrogens with one attached hydrogen (secondary N) is 1. The normalized spacial score (nSPS) is 12.2. The lowest BCUT2D eigenvalue weighted by Gasteiger charge is -2.13. The predicted molar refractivity (Wildman–Crippen MR) is 100 cm³/mol. The zero-order valence-corrected chi connectivity index (χ0v) is 16.0. The fraction of sp³-hybridized carbons (Fsp3) is 0.263. The molecule has 0 aliphatic heterocycles. The Morgan fingerprint density at radius 2 is 2.00 bits per heavy atom. The number of nitrogens with zero attached hydrogens (tertiary/aromatic N) is 2. The molecule has 5 nitrogen and oxygen atoms in total. The van der Waals surface area contributed by atoms with Gasteiger partial charge in [0, 0.05) is 18.0 Å². The van der Waals surface area contributed by atoms with Crippen LogP contribution in [0.4, 0.5) is 0 Å². The number of hydrogen-bond acceptors (Lipinski definition) is 3. The van der Waals surface area contributed by atoms with Crippen LogP contribution in [0.3, 0.4) is 0 Å². The Hall–Kier alpha value is -2.34. The second-order valence-electron chi connectivity index (χ2n) is 6.10. The highest BCUT2D eigenvalue weighted by Crippen LogP contribution is 2.23. The highest BCUT2D eigenvalue weighted by Gasteiger charge is 2.13. The summed E-state index contributed by atoms with van der Waals surface area (Å²) < 4.78 is 8.18. The van der Waals surface area contributed by atoms with E-state index in [2.05, 4.69) is 26.3 Å². The van der Waals surface area contributed by atoms with E-state index in [1.807, 2.05) is 61.9 Å². The number of rotatable bonds is 5. The average Bonchev–Trinajstić information content (AvgIpc) is 3.19. The van der Waals surface area contributed by atoms with Crippen LogP contribution in [0.5, 0.6) is 0 Å². The van der Waals surface area contributed by atoms with Gasteiger partial charge in [-0.3, -0.25) is 4.79 Å². The van der Waals surface area contributed by atoms with E-state index in [9.17, 15) is 4.79 Å². The van der Waals surface area contributed by atoms with Crippen molar-refractivity contribution < 1.29 is 9.21 Å². The van der Waals surface area contributed by atoms with Gasteiger partial charge in [0.15, 0.2) is 0 Å². The van der Waals surface area contributed by atoms with E-state index in [4.69, 9.17) is 4.42 Å². The van der Waals surface area contributed by atoms with Crippen LogP contribution in [0.25, 0.3) is 5.69 Å². The molecular formula is C19H20BrN3O2. The lowest BCUT2D eigenvalue weighted by Crippen LogP contribution is -2.33. The number of carbonyl (C=O) groups excluding carboxylic acids is 1. The van der Waals surface area contributed by atoms with E-state index >= 15 is 0 Å². The number of aromatic nitrogens is 2. The molecule has 1 atom stereocenters. The number of amides is 1. The Bertz CT molecular complexity index is 867. The molecule has 0 aliphatic carbocycles. The van der Waals surface area contributed by atoms with Gasteiger partial charge in [-0.1, -0.05) is 0 Å². The third kappa shape index (κ3) is 3.85. The maximum atomic E-state index is 12.4. The van der Waals surface area contributed by atoms with Crippen LogP contribution in [0, 0.1) is 13.8 Å². The minimum absolute atomic E-state index is 0.00899. The molecule has 2 aromatic heterocycles. The summed E-state index contributed by atoms with van der Waals surface area (Å²) in [6, 6.07) is 11.2. The Balaban J connectivity index is 1.69. The molecule has 0 saturated carbocycles. The molecule has 0 aliphatic rings. The van der Waals surface area contributed by atoms with Gasteiger partial charge < -0.3 is 9.73 Å². The van der Waals surface area contributed by atoms with E-state index in [-0.39, 0.29) is 11.9 Å². The third-order valence-corrected chi connectivity index (χ3v) is 5.19. The summed E-state index contributed by atoms with van der Waals surface area (Å²) in [6.07, 6.45) is 2.30. The third-order valence-electron chi connectivity index (χ3n) is 4.04. The molecule has 3 rings (SSSR count). The lowest BCUT2D eigenvalue weighted by atomic mass is 10.1. The molecule has 1 aromatic carbocycles. The van der Waals surface area contributed by atoms with Crippen molar-refractivity contribution in [3.63, 3.8) is 0 Å². The standard InChI is InChI=1S/C19H20BrN3O2/c1-12(11-17-5-4-10-25-17)21-19(24)15-6-8-16(9-7-15)23-14(3)18(20)13(2)22-23/h4-10,12H,11H2,1-3H3,(H,21,24). The lowest BCUT2D eigenvalue weighted by molar-refractivity contribution is 0.0939. The summed E-state index contributed by atoms with van der Waals surface area (Å²) in [5, 5.41) is 7.49. The SMILES string of the molecule is Cc1nn(-c2ccc(C(=O)NC(C)Cc3ccco3)cc2)c(C)c1Br. The number of aryl methyl sites for hydroxylation is 1. The molecule has 1 amide bonds. The van der Waals surface area contributed by atoms with Crippen LogP contribution < -0.4 is 5.32 Å². The summed E-state index contributed by atoms with van der Waals surface area (Å²) >= 11 is 3.53. The average molecular weight is 402 g/mol. The molecule has 130 valence electrons. The summed E-state index contributed by atoms with van der Waals surface area (Å²) in [7, 11) is 0. The minimum atomic E-state index is -0.0971. The summed E-state index contributed by atoms with van der Waals surface area (Å²) in [5.41, 5.74) is 3.51. The highest BCUT2D eigenvalue weighted by atomic mass is 79.9. The largest absolute Gasteiger partial charge is 0.469 e. The van der Waals surface area contributed by atoms with Gasteiger partial charge in [-0.2, -0.15) is 5.10 Å². The van der Waals surface area contributed by atoms with Crippen LogP contribution in [-0.2, 0) is 6.42 Å². The van der Waals surface area contributed by atoms with Crippen LogP contribution in [0.2, 0.25) is 0 Å². The zero-order chi connectivity index (χ0) is 18.0. The highest BCUT2D eigenvalue weighted by molar-refractivity contribution is 9.10. The monoisotopic (exact) mass is 401 g/mol. The van der Waals surface area contributed by atoms with Crippen LogP contribution >= 0.6 is 15.9 Å². The van der Waals surface area contributed by atoms with Crippen molar-refractivity contribution in [2.75, 3.05) is 0 Å². The summed E-state index contributed by atoms with van der Waals surface area (Å²) in [6.45, 7) is 5.92. The number of hydrogen-bond donors (Lipinski definition) is 1. The number of benzene rings is 1. The molecular weight excluding hydrogens is 382 g/mol. The fourth-order valence-corrected chi connectivity index (χ4v) is 2.96. The summed E-state index contributed by atoms with van der Waals surface area (Å²) in [4.78, 5) is 12.4. The van der Waals surface area contributed by atoms with Gasteiger partial charge in [-0.15, -0.1) is 0 Å². The number of furan rings is 1. The van der Waals surface area contributed by atoms with Crippen molar-refractivity contribution in [2.24, 2.45) is 0 Å². The first-order valence-electron chi connectivity index (χ1n) is 8.11. The van der Waals surface area contributed by atoms with Crippen molar-refractivity contribution in [2.45, 2.75) is 33.2 Å². The Kier molecular flexibility index (Phi) is 5.08. The van der Waals surface area contributed by atoms with Crippen molar-refractivity contribution in [1.29, 1.82) is 0 Å². The maximum Gasteiger partial charge on any atom is 0.251 e. The first-order chi connectivity index (χ1) is 12.0. The van der Waals surface area contributed by atoms with Crippen molar-refractivity contribution in [3.8, 4) is 5.69 Å². The van der Waals surface area contributed by atoms with E-state index in [0.29, 0.717) is 12.0 Å². The smallest absolute Gasteiger partial charge is 0.251 e. The van der Waals surface area contributed by atoms with Gasteiger partial charge in [0.05, 0.1) is 27.8 Å². The molecule has 0 bridgehead atoms. The van der Waals surface area contributed by atoms with E-state index < -0.39 is 0 Å². The van der Waals surface area contributed by atoms with E-state index in [1.165, 1.54) is 0 Å². The molecule has 0 spiro atoms. The predicted octanol–water partition coefficient (Wildman–Crippen LogP) is 4.21. The van der Waals surface area contributed by atoms with Crippen molar-refractivity contribution in [1.82, 2.24) is 15.1 Å². The summed E-state index contributed by atoms with van der Waals surface area (Å²) in [5.74, 6) is 0.762. The van der Waals surface area contributed by atoms with E-state index in [1.54, 1.807) is 6.26 Å². The first kappa shape index (κ1) is 17.5. The number of halogens is 1. The van der Waals surface area contributed by atoms with Gasteiger partial charge in [-0.05, 0) is 73.1 Å². The molecule has 1 N–H and O–H groups in total. The Morgan fingerprint density at radius 3 is 2.56 bits per heavy atom. The first-order valence-corrected chi connectivity index (χ1v) is 8.90. The van der Waals surface area contributed by atoms with Crippen LogP contribution in [-0.4, -0.2) is 21.7 Å². The quantitative estimate of drug-likeness (QED) is 0.696. The fourth-order valence-electron chi connectivity index (χ4n) is 2.72. The van der Waals surface area contributed by atoms with E-state index in [0.717, 1.165) is 27.3 Å². The molecule has 25 heavy (non-hydrogen) atoms. The van der Waals surface area contributed by atoms with Gasteiger partial charge in [0.25, 0.3) is 5.91 Å². The topological polar surface area (TPSA) is 60.1 Å². The Labute approximate surface area is 155 Å². The van der Waals surface area contributed by atoms with Gasteiger partial charge in [0.2, 0.25) is 0 Å². The molecule has 6 heteroatoms. The number of carbonyl (C=O) groups is 1. The maximum absolute atomic E-state index is 12.4. The molecule has 0 fully saturated rings. The molecule has 0 saturated heterocycles. The van der Waals surface area contributed by atoms with Crippen LogP contribution in [0.15, 0.2) is 51.6 Å². The zero-order valence-electron chi connectivity index (χ0n) is 14.4. The van der Waals surface area contributed by atoms with Gasteiger partial charge >= 0.3 is 0 Å². The molecule has 3 aromatic rings. The second kappa shape index (κ2) is 7.27. The van der Waals surface area contributed by atoms with Gasteiger partial charge in [-0.25, -0.2) is 4.68 Å². The molecule has 0 radical (unpaired) electrons. The minimum Gasteiger partial charge on any atom is -0.469 e. The Morgan fingerprint density at radius 1 is 1.28 bits per heavy atom. The second-order valence-corrected chi connectivity index (χ2v) is 6.89. The van der Waals surface area contributed by atoms with Crippen molar-refractivity contribution >= 4 is 21.8 Å². The van der Waals surface area contributed by atoms with Crippen molar-refractivity contribution in [3.05, 3.63) is 69.8 Å². The molecule has 2 heterocycles. The van der Waals surface area contributed by atoms with Gasteiger partial charge in [0.1, 0.15) is 5.76 Å². The van der Waals surface area contributed by atoms with Crippen LogP contribution in [0.1, 0.15) is 34.4 Å². The molecule has 1 unspecified atom stereocenters.